The van der Waals surface area contributed by atoms with Gasteiger partial charge in [-0.1, -0.05) is 6.07 Å². The van der Waals surface area contributed by atoms with E-state index in [2.05, 4.69) is 9.71 Å². The Balaban J connectivity index is 2.02. The molecule has 2 aromatic rings. The van der Waals surface area contributed by atoms with Crippen LogP contribution in [0.15, 0.2) is 39.8 Å². The summed E-state index contributed by atoms with van der Waals surface area (Å²) in [5.41, 5.74) is 6.27. The summed E-state index contributed by atoms with van der Waals surface area (Å²) in [5.74, 6) is 0.795. The van der Waals surface area contributed by atoms with Gasteiger partial charge >= 0.3 is 0 Å². The molecule has 0 atom stereocenters. The van der Waals surface area contributed by atoms with Crippen LogP contribution in [0.2, 0.25) is 0 Å². The number of hydrogen-bond donors (Lipinski definition) is 2. The van der Waals surface area contributed by atoms with Gasteiger partial charge < -0.3 is 10.2 Å². The number of nitrogens with zero attached hydrogens (tertiary/aromatic N) is 1. The summed E-state index contributed by atoms with van der Waals surface area (Å²) in [5, 5.41) is 0. The maximum absolute atomic E-state index is 12.1. The first-order valence-electron chi connectivity index (χ1n) is 6.22. The Morgan fingerprint density at radius 1 is 1.40 bits per heavy atom. The van der Waals surface area contributed by atoms with Gasteiger partial charge in [-0.3, -0.25) is 4.98 Å². The van der Waals surface area contributed by atoms with E-state index in [4.69, 9.17) is 10.2 Å². The van der Waals surface area contributed by atoms with Crippen molar-refractivity contribution in [2.45, 2.75) is 24.8 Å². The molecule has 0 unspecified atom stereocenters. The minimum Gasteiger partial charge on any atom is -0.464 e. The van der Waals surface area contributed by atoms with Crippen molar-refractivity contribution in [2.24, 2.45) is 5.73 Å². The molecule has 0 spiro atoms. The van der Waals surface area contributed by atoms with Crippen LogP contribution in [0.5, 0.6) is 0 Å². The predicted molar refractivity (Wildman–Crippen MR) is 74.5 cm³/mol. The number of furan rings is 1. The smallest absolute Gasteiger partial charge is 0.244 e. The van der Waals surface area contributed by atoms with E-state index in [1.807, 2.05) is 18.2 Å². The van der Waals surface area contributed by atoms with Crippen molar-refractivity contribution in [1.29, 1.82) is 0 Å². The monoisotopic (exact) mass is 295 g/mol. The lowest BCUT2D eigenvalue weighted by Gasteiger charge is -2.05. The molecule has 0 fully saturated rings. The molecule has 0 aliphatic heterocycles. The van der Waals surface area contributed by atoms with E-state index in [1.165, 1.54) is 6.07 Å². The standard InChI is InChI=1S/C13H17N3O3S/c1-10-13(8-12(9-14)19-10)20(17,18)16-7-5-11-4-2-3-6-15-11/h2-4,6,8,16H,5,7,9,14H2,1H3. The molecule has 6 nitrogen and oxygen atoms in total. The fraction of sp³-hybridized carbons (Fsp3) is 0.308. The molecule has 108 valence electrons. The molecular formula is C13H17N3O3S. The Morgan fingerprint density at radius 3 is 2.80 bits per heavy atom. The van der Waals surface area contributed by atoms with Gasteiger partial charge in [0.15, 0.2) is 0 Å². The van der Waals surface area contributed by atoms with Crippen LogP contribution in [-0.2, 0) is 23.0 Å². The molecule has 20 heavy (non-hydrogen) atoms. The summed E-state index contributed by atoms with van der Waals surface area (Å²) in [6, 6.07) is 6.99. The number of pyridine rings is 1. The van der Waals surface area contributed by atoms with Crippen LogP contribution in [0.3, 0.4) is 0 Å². The van der Waals surface area contributed by atoms with Gasteiger partial charge in [0.2, 0.25) is 10.0 Å². The topological polar surface area (TPSA) is 98.2 Å². The average Bonchev–Trinajstić information content (AvgIpc) is 2.82. The molecule has 0 aromatic carbocycles. The van der Waals surface area contributed by atoms with Gasteiger partial charge in [-0.2, -0.15) is 0 Å². The van der Waals surface area contributed by atoms with Gasteiger partial charge in [-0.25, -0.2) is 13.1 Å². The third kappa shape index (κ3) is 3.44. The van der Waals surface area contributed by atoms with Crippen LogP contribution in [-0.4, -0.2) is 19.9 Å². The van der Waals surface area contributed by atoms with Crippen molar-refractivity contribution in [3.05, 3.63) is 47.7 Å². The first-order valence-corrected chi connectivity index (χ1v) is 7.70. The maximum Gasteiger partial charge on any atom is 0.244 e. The highest BCUT2D eigenvalue weighted by molar-refractivity contribution is 7.89. The Labute approximate surface area is 118 Å². The fourth-order valence-electron chi connectivity index (χ4n) is 1.83. The Morgan fingerprint density at radius 2 is 2.20 bits per heavy atom. The van der Waals surface area contributed by atoms with Crippen molar-refractivity contribution in [3.8, 4) is 0 Å². The van der Waals surface area contributed by atoms with Crippen LogP contribution in [0.1, 0.15) is 17.2 Å². The van der Waals surface area contributed by atoms with Crippen molar-refractivity contribution in [2.75, 3.05) is 6.54 Å². The second kappa shape index (κ2) is 6.17. The molecule has 2 heterocycles. The van der Waals surface area contributed by atoms with Gasteiger partial charge in [0.05, 0.1) is 6.54 Å². The van der Waals surface area contributed by atoms with Crippen molar-refractivity contribution < 1.29 is 12.8 Å². The van der Waals surface area contributed by atoms with Crippen molar-refractivity contribution in [3.63, 3.8) is 0 Å². The minimum atomic E-state index is -3.58. The lowest BCUT2D eigenvalue weighted by Crippen LogP contribution is -2.26. The lowest BCUT2D eigenvalue weighted by molar-refractivity contribution is 0.478. The lowest BCUT2D eigenvalue weighted by atomic mass is 10.3. The molecule has 2 rings (SSSR count). The highest BCUT2D eigenvalue weighted by atomic mass is 32.2. The molecule has 0 saturated carbocycles. The number of hydrogen-bond acceptors (Lipinski definition) is 5. The summed E-state index contributed by atoms with van der Waals surface area (Å²) >= 11 is 0. The third-order valence-electron chi connectivity index (χ3n) is 2.81. The second-order valence-electron chi connectivity index (χ2n) is 4.31. The molecule has 0 aliphatic carbocycles. The zero-order valence-electron chi connectivity index (χ0n) is 11.2. The fourth-order valence-corrected chi connectivity index (χ4v) is 3.06. The van der Waals surface area contributed by atoms with Crippen LogP contribution in [0.4, 0.5) is 0 Å². The summed E-state index contributed by atoms with van der Waals surface area (Å²) in [6.07, 6.45) is 2.21. The maximum atomic E-state index is 12.1. The number of rotatable bonds is 6. The van der Waals surface area contributed by atoms with E-state index in [1.54, 1.807) is 13.1 Å². The third-order valence-corrected chi connectivity index (χ3v) is 4.38. The first-order chi connectivity index (χ1) is 9.53. The highest BCUT2D eigenvalue weighted by Gasteiger charge is 2.20. The van der Waals surface area contributed by atoms with Crippen LogP contribution in [0.25, 0.3) is 0 Å². The van der Waals surface area contributed by atoms with Crippen LogP contribution in [0, 0.1) is 6.92 Å². The summed E-state index contributed by atoms with van der Waals surface area (Å²) in [4.78, 5) is 4.27. The number of aryl methyl sites for hydroxylation is 1. The number of nitrogens with one attached hydrogen (secondary N) is 1. The zero-order chi connectivity index (χ0) is 14.6. The Hall–Kier alpha value is -1.70. The normalized spacial score (nSPS) is 11.7. The van der Waals surface area contributed by atoms with Gasteiger partial charge in [0, 0.05) is 30.9 Å². The van der Waals surface area contributed by atoms with E-state index in [0.29, 0.717) is 17.9 Å². The van der Waals surface area contributed by atoms with Gasteiger partial charge in [-0.05, 0) is 19.1 Å². The first kappa shape index (κ1) is 14.7. The van der Waals surface area contributed by atoms with E-state index in [0.717, 1.165) is 5.69 Å². The minimum absolute atomic E-state index is 0.138. The van der Waals surface area contributed by atoms with E-state index in [-0.39, 0.29) is 18.0 Å². The van der Waals surface area contributed by atoms with Crippen LogP contribution < -0.4 is 10.5 Å². The predicted octanol–water partition coefficient (Wildman–Crippen LogP) is 0.963. The summed E-state index contributed by atoms with van der Waals surface area (Å²) < 4.78 is 32.1. The molecular weight excluding hydrogens is 278 g/mol. The van der Waals surface area contributed by atoms with E-state index >= 15 is 0 Å². The molecule has 3 N–H and O–H groups in total. The van der Waals surface area contributed by atoms with Gasteiger partial charge in [0.25, 0.3) is 0 Å². The van der Waals surface area contributed by atoms with Crippen molar-refractivity contribution >= 4 is 10.0 Å². The Bertz CT molecular complexity index is 665. The molecule has 0 saturated heterocycles. The molecule has 0 amide bonds. The largest absolute Gasteiger partial charge is 0.464 e. The summed E-state index contributed by atoms with van der Waals surface area (Å²) in [7, 11) is -3.58. The SMILES string of the molecule is Cc1oc(CN)cc1S(=O)(=O)NCCc1ccccn1. The number of aromatic nitrogens is 1. The molecule has 0 bridgehead atoms. The zero-order valence-corrected chi connectivity index (χ0v) is 12.0. The van der Waals surface area contributed by atoms with Gasteiger partial charge in [0.1, 0.15) is 16.4 Å². The molecule has 0 radical (unpaired) electrons. The number of nitrogens with two attached hydrogens (primary N) is 1. The Kier molecular flexibility index (Phi) is 4.53. The molecule has 0 aliphatic rings. The molecule has 2 aromatic heterocycles. The van der Waals surface area contributed by atoms with Crippen molar-refractivity contribution in [1.82, 2.24) is 9.71 Å². The van der Waals surface area contributed by atoms with E-state index < -0.39 is 10.0 Å². The van der Waals surface area contributed by atoms with Crippen LogP contribution >= 0.6 is 0 Å². The summed E-state index contributed by atoms with van der Waals surface area (Å²) in [6.45, 7) is 2.05. The second-order valence-corrected chi connectivity index (χ2v) is 6.04. The quantitative estimate of drug-likeness (QED) is 0.827. The van der Waals surface area contributed by atoms with E-state index in [9.17, 15) is 8.42 Å². The molecule has 7 heteroatoms. The highest BCUT2D eigenvalue weighted by Crippen LogP contribution is 2.19. The average molecular weight is 295 g/mol. The number of sulfonamides is 1. The van der Waals surface area contributed by atoms with Gasteiger partial charge in [-0.15, -0.1) is 0 Å².